The van der Waals surface area contributed by atoms with Crippen LogP contribution in [0.1, 0.15) is 16.3 Å². The van der Waals surface area contributed by atoms with Crippen molar-refractivity contribution in [1.82, 2.24) is 14.5 Å². The smallest absolute Gasteiger partial charge is 0.172 e. The maximum atomic E-state index is 4.49. The van der Waals surface area contributed by atoms with E-state index in [4.69, 9.17) is 0 Å². The summed E-state index contributed by atoms with van der Waals surface area (Å²) in [7, 11) is 0. The lowest BCUT2D eigenvalue weighted by molar-refractivity contribution is 0.893. The maximum absolute atomic E-state index is 4.49. The molecule has 0 aliphatic rings. The minimum Gasteiger partial charge on any atom is -0.295 e. The van der Waals surface area contributed by atoms with Gasteiger partial charge in [-0.15, -0.1) is 11.3 Å². The molecule has 0 saturated carbocycles. The summed E-state index contributed by atoms with van der Waals surface area (Å²) in [6.45, 7) is 4.14. The van der Waals surface area contributed by atoms with Crippen molar-refractivity contribution in [1.29, 1.82) is 0 Å². The third-order valence-electron chi connectivity index (χ3n) is 2.90. The van der Waals surface area contributed by atoms with Crippen LogP contribution in [0, 0.1) is 13.8 Å². The van der Waals surface area contributed by atoms with E-state index in [0.29, 0.717) is 0 Å². The normalized spacial score (nSPS) is 10.9. The van der Waals surface area contributed by atoms with Gasteiger partial charge in [0.25, 0.3) is 0 Å². The molecule has 2 heterocycles. The Balaban J connectivity index is 1.80. The van der Waals surface area contributed by atoms with E-state index < -0.39 is 0 Å². The molecule has 0 radical (unpaired) electrons. The van der Waals surface area contributed by atoms with Crippen molar-refractivity contribution in [3.8, 4) is 5.69 Å². The van der Waals surface area contributed by atoms with Gasteiger partial charge >= 0.3 is 0 Å². The number of rotatable bonds is 4. The molecule has 0 amide bonds. The molecule has 0 atom stereocenters. The molecule has 0 spiro atoms. The zero-order chi connectivity index (χ0) is 13.9. The zero-order valence-electron chi connectivity index (χ0n) is 11.4. The molecule has 0 unspecified atom stereocenters. The molecule has 1 aromatic carbocycles. The number of hydrogen-bond acceptors (Lipinski definition) is 4. The highest BCUT2D eigenvalue weighted by Gasteiger charge is 2.07. The number of hydrogen-bond donors (Lipinski definition) is 0. The Morgan fingerprint density at radius 3 is 2.95 bits per heavy atom. The van der Waals surface area contributed by atoms with Crippen LogP contribution in [-0.4, -0.2) is 14.5 Å². The number of nitrogens with zero attached hydrogens (tertiary/aromatic N) is 3. The Bertz CT molecular complexity index is 715. The molecule has 0 fully saturated rings. The Morgan fingerprint density at radius 1 is 1.30 bits per heavy atom. The highest BCUT2D eigenvalue weighted by Crippen LogP contribution is 2.25. The molecule has 2 aromatic heterocycles. The molecule has 0 saturated heterocycles. The van der Waals surface area contributed by atoms with Crippen LogP contribution in [0.5, 0.6) is 0 Å². The highest BCUT2D eigenvalue weighted by molar-refractivity contribution is 7.98. The van der Waals surface area contributed by atoms with Crippen LogP contribution in [0.3, 0.4) is 0 Å². The summed E-state index contributed by atoms with van der Waals surface area (Å²) >= 11 is 3.41. The van der Waals surface area contributed by atoms with E-state index in [0.717, 1.165) is 27.3 Å². The lowest BCUT2D eigenvalue weighted by Crippen LogP contribution is -1.95. The van der Waals surface area contributed by atoms with Crippen LogP contribution in [0.15, 0.2) is 47.2 Å². The van der Waals surface area contributed by atoms with Crippen molar-refractivity contribution in [3.05, 3.63) is 58.3 Å². The minimum absolute atomic E-state index is 0.854. The molecule has 0 bridgehead atoms. The topological polar surface area (TPSA) is 30.7 Å². The second-order valence-electron chi connectivity index (χ2n) is 4.57. The third-order valence-corrected chi connectivity index (χ3v) is 4.73. The van der Waals surface area contributed by atoms with Gasteiger partial charge in [-0.1, -0.05) is 23.9 Å². The summed E-state index contributed by atoms with van der Waals surface area (Å²) in [5.74, 6) is 0.854. The van der Waals surface area contributed by atoms with E-state index >= 15 is 0 Å². The van der Waals surface area contributed by atoms with E-state index in [1.165, 1.54) is 5.56 Å². The summed E-state index contributed by atoms with van der Waals surface area (Å²) in [4.78, 5) is 8.93. The largest absolute Gasteiger partial charge is 0.295 e. The second kappa shape index (κ2) is 5.81. The lowest BCUT2D eigenvalue weighted by atomic mass is 10.2. The Labute approximate surface area is 126 Å². The second-order valence-corrected chi connectivity index (χ2v) is 6.57. The van der Waals surface area contributed by atoms with E-state index in [-0.39, 0.29) is 0 Å². The van der Waals surface area contributed by atoms with Crippen LogP contribution in [-0.2, 0) is 5.75 Å². The SMILES string of the molecule is Cc1cccc(-n2ccnc2SCc2csc(C)n2)c1. The van der Waals surface area contributed by atoms with Crippen molar-refractivity contribution in [2.75, 3.05) is 0 Å². The summed E-state index contributed by atoms with van der Waals surface area (Å²) in [5, 5.41) is 4.23. The van der Waals surface area contributed by atoms with Crippen LogP contribution < -0.4 is 0 Å². The first-order valence-corrected chi connectivity index (χ1v) is 8.23. The number of imidazole rings is 1. The van der Waals surface area contributed by atoms with Gasteiger partial charge in [0.2, 0.25) is 0 Å². The maximum Gasteiger partial charge on any atom is 0.172 e. The minimum atomic E-state index is 0.854. The van der Waals surface area contributed by atoms with Gasteiger partial charge in [-0.05, 0) is 31.5 Å². The van der Waals surface area contributed by atoms with Crippen molar-refractivity contribution < 1.29 is 0 Å². The fourth-order valence-electron chi connectivity index (χ4n) is 1.98. The summed E-state index contributed by atoms with van der Waals surface area (Å²) in [5.41, 5.74) is 3.53. The molecular weight excluding hydrogens is 286 g/mol. The molecule has 0 N–H and O–H groups in total. The van der Waals surface area contributed by atoms with Gasteiger partial charge < -0.3 is 0 Å². The van der Waals surface area contributed by atoms with Crippen LogP contribution >= 0.6 is 23.1 Å². The van der Waals surface area contributed by atoms with Crippen molar-refractivity contribution in [2.45, 2.75) is 24.8 Å². The molecular formula is C15H15N3S2. The van der Waals surface area contributed by atoms with E-state index in [9.17, 15) is 0 Å². The number of benzene rings is 1. The standard InChI is InChI=1S/C15H15N3S2/c1-11-4-3-5-14(8-11)18-7-6-16-15(18)20-10-13-9-19-12(2)17-13/h3-9H,10H2,1-2H3. The average molecular weight is 301 g/mol. The first kappa shape index (κ1) is 13.4. The molecule has 0 aliphatic heterocycles. The Hall–Kier alpha value is -1.59. The van der Waals surface area contributed by atoms with E-state index in [1.807, 2.05) is 19.3 Å². The van der Waals surface area contributed by atoms with Crippen molar-refractivity contribution in [2.24, 2.45) is 0 Å². The van der Waals surface area contributed by atoms with Gasteiger partial charge in [-0.2, -0.15) is 0 Å². The molecule has 0 aliphatic carbocycles. The fourth-order valence-corrected chi connectivity index (χ4v) is 3.57. The summed E-state index contributed by atoms with van der Waals surface area (Å²) < 4.78 is 2.12. The van der Waals surface area contributed by atoms with Crippen LogP contribution in [0.2, 0.25) is 0 Å². The number of thioether (sulfide) groups is 1. The number of aromatic nitrogens is 3. The Morgan fingerprint density at radius 2 is 2.20 bits per heavy atom. The van der Waals surface area contributed by atoms with Crippen molar-refractivity contribution >= 4 is 23.1 Å². The quantitative estimate of drug-likeness (QED) is 0.675. The molecule has 3 rings (SSSR count). The molecule has 5 heteroatoms. The van der Waals surface area contributed by atoms with E-state index in [2.05, 4.69) is 51.1 Å². The predicted octanol–water partition coefficient (Wildman–Crippen LogP) is 4.24. The predicted molar refractivity (Wildman–Crippen MR) is 84.7 cm³/mol. The molecule has 20 heavy (non-hydrogen) atoms. The van der Waals surface area contributed by atoms with Gasteiger partial charge in [0.15, 0.2) is 5.16 Å². The monoisotopic (exact) mass is 301 g/mol. The molecule has 3 nitrogen and oxygen atoms in total. The average Bonchev–Trinajstić information content (AvgIpc) is 3.05. The van der Waals surface area contributed by atoms with Gasteiger partial charge in [0, 0.05) is 29.2 Å². The number of thiazole rings is 1. The number of aryl methyl sites for hydroxylation is 2. The zero-order valence-corrected chi connectivity index (χ0v) is 13.0. The van der Waals surface area contributed by atoms with Crippen LogP contribution in [0.4, 0.5) is 0 Å². The summed E-state index contributed by atoms with van der Waals surface area (Å²) in [6.07, 6.45) is 3.85. The third kappa shape index (κ3) is 2.94. The molecule has 102 valence electrons. The molecule has 3 aromatic rings. The van der Waals surface area contributed by atoms with Gasteiger partial charge in [0.05, 0.1) is 10.7 Å². The lowest BCUT2D eigenvalue weighted by Gasteiger charge is -2.07. The van der Waals surface area contributed by atoms with E-state index in [1.54, 1.807) is 23.1 Å². The van der Waals surface area contributed by atoms with Crippen molar-refractivity contribution in [3.63, 3.8) is 0 Å². The summed E-state index contributed by atoms with van der Waals surface area (Å²) in [6, 6.07) is 8.44. The van der Waals surface area contributed by atoms with Gasteiger partial charge in [0.1, 0.15) is 0 Å². The van der Waals surface area contributed by atoms with Gasteiger partial charge in [-0.3, -0.25) is 4.57 Å². The highest BCUT2D eigenvalue weighted by atomic mass is 32.2. The fraction of sp³-hybridized carbons (Fsp3) is 0.200. The van der Waals surface area contributed by atoms with Crippen LogP contribution in [0.25, 0.3) is 5.69 Å². The first-order valence-electron chi connectivity index (χ1n) is 6.36. The Kier molecular flexibility index (Phi) is 3.89. The van der Waals surface area contributed by atoms with Gasteiger partial charge in [-0.25, -0.2) is 9.97 Å². The first-order chi connectivity index (χ1) is 9.72.